The number of hydrogen-bond donors (Lipinski definition) is 1. The number of hydrogen-bond acceptors (Lipinski definition) is 5. The van der Waals surface area contributed by atoms with Crippen LogP contribution in [0.25, 0.3) is 0 Å². The Balaban J connectivity index is 2.01. The van der Waals surface area contributed by atoms with Gasteiger partial charge in [0.2, 0.25) is 11.8 Å². The number of rotatable bonds is 6. The zero-order valence-electron chi connectivity index (χ0n) is 14.3. The summed E-state index contributed by atoms with van der Waals surface area (Å²) < 4.78 is 5.06. The van der Waals surface area contributed by atoms with E-state index < -0.39 is 18.5 Å². The second-order valence-electron chi connectivity index (χ2n) is 5.67. The number of anilines is 1. The van der Waals surface area contributed by atoms with Crippen LogP contribution >= 0.6 is 0 Å². The van der Waals surface area contributed by atoms with Crippen molar-refractivity contribution in [2.45, 2.75) is 12.8 Å². The highest BCUT2D eigenvalue weighted by molar-refractivity contribution is 6.04. The number of amides is 3. The molecule has 3 amide bonds. The normalized spacial score (nSPS) is 13.5. The number of benzene rings is 1. The lowest BCUT2D eigenvalue weighted by molar-refractivity contribution is -0.137. The topological polar surface area (TPSA) is 96.0 Å². The molecule has 1 heterocycles. The fourth-order valence-electron chi connectivity index (χ4n) is 2.48. The van der Waals surface area contributed by atoms with Crippen molar-refractivity contribution in [1.82, 2.24) is 10.2 Å². The molecule has 0 aliphatic carbocycles. The maximum atomic E-state index is 12.3. The van der Waals surface area contributed by atoms with Crippen molar-refractivity contribution in [3.63, 3.8) is 0 Å². The number of carbonyl (C=O) groups is 4. The van der Waals surface area contributed by atoms with E-state index in [0.29, 0.717) is 18.7 Å². The first-order valence-corrected chi connectivity index (χ1v) is 7.95. The molecule has 8 nitrogen and oxygen atoms in total. The van der Waals surface area contributed by atoms with E-state index in [0.717, 1.165) is 6.42 Å². The molecular weight excluding hydrogens is 326 g/mol. The highest BCUT2D eigenvalue weighted by atomic mass is 16.5. The van der Waals surface area contributed by atoms with Crippen LogP contribution in [0.5, 0.6) is 0 Å². The third kappa shape index (κ3) is 4.56. The van der Waals surface area contributed by atoms with E-state index in [1.807, 2.05) is 0 Å². The van der Waals surface area contributed by atoms with E-state index in [4.69, 9.17) is 4.74 Å². The molecule has 8 heteroatoms. The van der Waals surface area contributed by atoms with Crippen LogP contribution < -0.4 is 10.2 Å². The van der Waals surface area contributed by atoms with Crippen LogP contribution in [0.15, 0.2) is 24.3 Å². The average Bonchev–Trinajstić information content (AvgIpc) is 3.04. The molecular formula is C17H21N3O5. The first-order valence-electron chi connectivity index (χ1n) is 7.95. The Hall–Kier alpha value is -2.90. The minimum absolute atomic E-state index is 0.0402. The van der Waals surface area contributed by atoms with Crippen LogP contribution in [0, 0.1) is 0 Å². The van der Waals surface area contributed by atoms with E-state index in [1.54, 1.807) is 29.2 Å². The molecule has 0 atom stereocenters. The van der Waals surface area contributed by atoms with Crippen molar-refractivity contribution in [3.05, 3.63) is 29.8 Å². The minimum atomic E-state index is -0.683. The van der Waals surface area contributed by atoms with Gasteiger partial charge >= 0.3 is 5.97 Å². The van der Waals surface area contributed by atoms with Gasteiger partial charge in [-0.25, -0.2) is 4.79 Å². The fraction of sp³-hybridized carbons (Fsp3) is 0.412. The van der Waals surface area contributed by atoms with Crippen LogP contribution in [-0.2, 0) is 19.1 Å². The van der Waals surface area contributed by atoms with Crippen LogP contribution in [0.1, 0.15) is 23.2 Å². The summed E-state index contributed by atoms with van der Waals surface area (Å²) in [7, 11) is 2.92. The van der Waals surface area contributed by atoms with Gasteiger partial charge in [-0.1, -0.05) is 12.1 Å². The number of ether oxygens (including phenoxy) is 1. The summed E-state index contributed by atoms with van der Waals surface area (Å²) in [5, 5.41) is 2.41. The number of carbonyl (C=O) groups excluding carboxylic acids is 4. The van der Waals surface area contributed by atoms with E-state index in [9.17, 15) is 19.2 Å². The van der Waals surface area contributed by atoms with Crippen molar-refractivity contribution in [3.8, 4) is 0 Å². The Bertz CT molecular complexity index is 689. The summed E-state index contributed by atoms with van der Waals surface area (Å²) in [4.78, 5) is 50.1. The summed E-state index contributed by atoms with van der Waals surface area (Å²) >= 11 is 0. The van der Waals surface area contributed by atoms with E-state index in [2.05, 4.69) is 5.32 Å². The van der Waals surface area contributed by atoms with E-state index in [-0.39, 0.29) is 23.9 Å². The van der Waals surface area contributed by atoms with Gasteiger partial charge in [-0.05, 0) is 18.6 Å². The standard InChI is InChI=1S/C17H21N3O5/c1-18-14(21)10-19(2)16(23)11-25-17(24)12-6-3-4-7-13(12)20-9-5-8-15(20)22/h3-4,6-7H,5,8-11H2,1-2H3,(H,18,21). The SMILES string of the molecule is CNC(=O)CN(C)C(=O)COC(=O)c1ccccc1N1CCCC1=O. The number of nitrogens with zero attached hydrogens (tertiary/aromatic N) is 2. The summed E-state index contributed by atoms with van der Waals surface area (Å²) in [6, 6.07) is 6.64. The van der Waals surface area contributed by atoms with Gasteiger partial charge in [-0.3, -0.25) is 14.4 Å². The summed E-state index contributed by atoms with van der Waals surface area (Å²) in [6.07, 6.45) is 1.19. The van der Waals surface area contributed by atoms with Crippen molar-refractivity contribution >= 4 is 29.4 Å². The molecule has 0 spiro atoms. The molecule has 1 aliphatic heterocycles. The van der Waals surface area contributed by atoms with Crippen molar-refractivity contribution in [1.29, 1.82) is 0 Å². The molecule has 134 valence electrons. The molecule has 1 aromatic rings. The maximum absolute atomic E-state index is 12.3. The van der Waals surface area contributed by atoms with Gasteiger partial charge in [0.15, 0.2) is 6.61 Å². The maximum Gasteiger partial charge on any atom is 0.340 e. The average molecular weight is 347 g/mol. The number of esters is 1. The summed E-state index contributed by atoms with van der Waals surface area (Å²) in [5.41, 5.74) is 0.723. The lowest BCUT2D eigenvalue weighted by Crippen LogP contribution is -2.39. The smallest absolute Gasteiger partial charge is 0.340 e. The lowest BCUT2D eigenvalue weighted by Gasteiger charge is -2.19. The highest BCUT2D eigenvalue weighted by Crippen LogP contribution is 2.25. The molecule has 1 aromatic carbocycles. The zero-order chi connectivity index (χ0) is 18.4. The zero-order valence-corrected chi connectivity index (χ0v) is 14.3. The van der Waals surface area contributed by atoms with Crippen molar-refractivity contribution < 1.29 is 23.9 Å². The molecule has 0 radical (unpaired) electrons. The molecule has 2 rings (SSSR count). The Morgan fingerprint density at radius 2 is 2.00 bits per heavy atom. The molecule has 1 fully saturated rings. The van der Waals surface area contributed by atoms with Crippen LogP contribution in [0.2, 0.25) is 0 Å². The lowest BCUT2D eigenvalue weighted by atomic mass is 10.1. The molecule has 0 bridgehead atoms. The number of para-hydroxylation sites is 1. The third-order valence-electron chi connectivity index (χ3n) is 3.90. The van der Waals surface area contributed by atoms with Crippen LogP contribution in [0.3, 0.4) is 0 Å². The molecule has 1 saturated heterocycles. The fourth-order valence-corrected chi connectivity index (χ4v) is 2.48. The first kappa shape index (κ1) is 18.4. The number of likely N-dealkylation sites (N-methyl/N-ethyl adjacent to an activating group) is 2. The second kappa shape index (κ2) is 8.27. The molecule has 1 N–H and O–H groups in total. The summed E-state index contributed by atoms with van der Waals surface area (Å²) in [5.74, 6) is -1.54. The Labute approximate surface area is 145 Å². The Morgan fingerprint density at radius 1 is 1.28 bits per heavy atom. The molecule has 25 heavy (non-hydrogen) atoms. The third-order valence-corrected chi connectivity index (χ3v) is 3.90. The van der Waals surface area contributed by atoms with Gasteiger partial charge < -0.3 is 19.9 Å². The van der Waals surface area contributed by atoms with Crippen LogP contribution in [-0.4, -0.2) is 62.4 Å². The van der Waals surface area contributed by atoms with Gasteiger partial charge in [0, 0.05) is 27.1 Å². The van der Waals surface area contributed by atoms with Crippen LogP contribution in [0.4, 0.5) is 5.69 Å². The molecule has 1 aliphatic rings. The monoisotopic (exact) mass is 347 g/mol. The Morgan fingerprint density at radius 3 is 2.64 bits per heavy atom. The van der Waals surface area contributed by atoms with E-state index >= 15 is 0 Å². The minimum Gasteiger partial charge on any atom is -0.452 e. The van der Waals surface area contributed by atoms with Gasteiger partial charge in [-0.15, -0.1) is 0 Å². The van der Waals surface area contributed by atoms with Gasteiger partial charge in [0.25, 0.3) is 5.91 Å². The predicted molar refractivity (Wildman–Crippen MR) is 90.0 cm³/mol. The van der Waals surface area contributed by atoms with Crippen molar-refractivity contribution in [2.75, 3.05) is 38.7 Å². The molecule has 0 saturated carbocycles. The largest absolute Gasteiger partial charge is 0.452 e. The van der Waals surface area contributed by atoms with E-state index in [1.165, 1.54) is 19.0 Å². The van der Waals surface area contributed by atoms with Crippen molar-refractivity contribution in [2.24, 2.45) is 0 Å². The highest BCUT2D eigenvalue weighted by Gasteiger charge is 2.26. The van der Waals surface area contributed by atoms with Gasteiger partial charge in [0.05, 0.1) is 17.8 Å². The first-order chi connectivity index (χ1) is 11.9. The molecule has 0 aromatic heterocycles. The second-order valence-corrected chi connectivity index (χ2v) is 5.67. The van der Waals surface area contributed by atoms with Gasteiger partial charge in [0.1, 0.15) is 0 Å². The summed E-state index contributed by atoms with van der Waals surface area (Å²) in [6.45, 7) is -0.0444. The quantitative estimate of drug-likeness (QED) is 0.740. The predicted octanol–water partition coefficient (Wildman–Crippen LogP) is 0.175. The van der Waals surface area contributed by atoms with Gasteiger partial charge in [-0.2, -0.15) is 0 Å². The Kier molecular flexibility index (Phi) is 6.10. The molecule has 0 unspecified atom stereocenters. The number of nitrogens with one attached hydrogen (secondary N) is 1.